The number of aromatic nitrogens is 4. The molecule has 2 fully saturated rings. The van der Waals surface area contributed by atoms with Crippen LogP contribution in [0.25, 0.3) is 11.2 Å². The van der Waals surface area contributed by atoms with E-state index in [0.717, 1.165) is 25.7 Å². The van der Waals surface area contributed by atoms with Crippen molar-refractivity contribution < 1.29 is 24.7 Å². The van der Waals surface area contributed by atoms with Crippen molar-refractivity contribution in [3.8, 4) is 0 Å². The molecule has 4 atom stereocenters. The van der Waals surface area contributed by atoms with Gasteiger partial charge in [0.25, 0.3) is 0 Å². The van der Waals surface area contributed by atoms with E-state index in [2.05, 4.69) is 15.0 Å². The van der Waals surface area contributed by atoms with Crippen LogP contribution in [-0.2, 0) is 14.5 Å². The Morgan fingerprint density at radius 3 is 2.80 bits per heavy atom. The van der Waals surface area contributed by atoms with Crippen LogP contribution in [0.2, 0.25) is 0 Å². The molecule has 1 aliphatic carbocycles. The third-order valence-corrected chi connectivity index (χ3v) is 4.74. The standard InChI is InChI=1S/C15H21N5O5/c16-13-10-14(18-6-17-13)20(7-19-10)15-12(22)11(21)9(24-15)5-23-25-8-3-1-2-4-8/h6-9,11-12,15,21-22H,1-5H2,(H2,16,17,18)/t9-,11-,12-,15-/m1/s1. The number of rotatable bonds is 5. The molecule has 10 heteroatoms. The molecule has 25 heavy (non-hydrogen) atoms. The van der Waals surface area contributed by atoms with Gasteiger partial charge in [0.05, 0.1) is 12.4 Å². The van der Waals surface area contributed by atoms with Crippen molar-refractivity contribution in [3.05, 3.63) is 12.7 Å². The Hall–Kier alpha value is -1.85. The van der Waals surface area contributed by atoms with Gasteiger partial charge >= 0.3 is 0 Å². The second-order valence-electron chi connectivity index (χ2n) is 6.42. The van der Waals surface area contributed by atoms with Crippen LogP contribution in [0.5, 0.6) is 0 Å². The smallest absolute Gasteiger partial charge is 0.167 e. The molecule has 2 aliphatic rings. The minimum Gasteiger partial charge on any atom is -0.387 e. The molecule has 0 aromatic carbocycles. The molecule has 0 radical (unpaired) electrons. The van der Waals surface area contributed by atoms with Gasteiger partial charge in [-0.2, -0.15) is 0 Å². The molecule has 10 nitrogen and oxygen atoms in total. The molecule has 1 aliphatic heterocycles. The highest BCUT2D eigenvalue weighted by Crippen LogP contribution is 2.32. The van der Waals surface area contributed by atoms with Crippen LogP contribution in [0.4, 0.5) is 5.82 Å². The Labute approximate surface area is 143 Å². The molecule has 0 unspecified atom stereocenters. The van der Waals surface area contributed by atoms with Gasteiger partial charge in [0.1, 0.15) is 36.8 Å². The maximum atomic E-state index is 10.3. The van der Waals surface area contributed by atoms with Crippen molar-refractivity contribution in [1.82, 2.24) is 19.5 Å². The van der Waals surface area contributed by atoms with E-state index in [1.54, 1.807) is 0 Å². The number of fused-ring (bicyclic) bond motifs is 1. The van der Waals surface area contributed by atoms with Crippen molar-refractivity contribution in [2.75, 3.05) is 12.3 Å². The molecule has 0 spiro atoms. The van der Waals surface area contributed by atoms with Crippen LogP contribution in [-0.4, -0.2) is 60.8 Å². The number of anilines is 1. The summed E-state index contributed by atoms with van der Waals surface area (Å²) in [4.78, 5) is 22.7. The van der Waals surface area contributed by atoms with Gasteiger partial charge in [-0.25, -0.2) is 24.7 Å². The molecule has 3 heterocycles. The van der Waals surface area contributed by atoms with E-state index in [1.807, 2.05) is 0 Å². The summed E-state index contributed by atoms with van der Waals surface area (Å²) in [6.07, 6.45) is 3.22. The van der Waals surface area contributed by atoms with E-state index in [9.17, 15) is 10.2 Å². The summed E-state index contributed by atoms with van der Waals surface area (Å²) in [5, 5.41) is 20.6. The molecule has 1 saturated heterocycles. The van der Waals surface area contributed by atoms with Crippen LogP contribution < -0.4 is 5.73 Å². The number of imidazole rings is 1. The lowest BCUT2D eigenvalue weighted by Crippen LogP contribution is -2.34. The third kappa shape index (κ3) is 3.07. The number of nitrogens with zero attached hydrogens (tertiary/aromatic N) is 4. The summed E-state index contributed by atoms with van der Waals surface area (Å²) < 4.78 is 7.29. The maximum absolute atomic E-state index is 10.3. The van der Waals surface area contributed by atoms with E-state index < -0.39 is 24.5 Å². The number of ether oxygens (including phenoxy) is 1. The Morgan fingerprint density at radius 1 is 1.20 bits per heavy atom. The molecule has 0 amide bonds. The molecule has 4 N–H and O–H groups in total. The number of hydrogen-bond acceptors (Lipinski definition) is 9. The quantitative estimate of drug-likeness (QED) is 0.498. The Morgan fingerprint density at radius 2 is 2.00 bits per heavy atom. The molecule has 4 rings (SSSR count). The van der Waals surface area contributed by atoms with Crippen LogP contribution >= 0.6 is 0 Å². The topological polar surface area (TPSA) is 138 Å². The molecule has 136 valence electrons. The lowest BCUT2D eigenvalue weighted by molar-refractivity contribution is -0.335. The molecule has 0 bridgehead atoms. The van der Waals surface area contributed by atoms with Crippen molar-refractivity contribution in [3.63, 3.8) is 0 Å². The summed E-state index contributed by atoms with van der Waals surface area (Å²) in [5.74, 6) is 0.238. The first kappa shape index (κ1) is 16.6. The number of aliphatic hydroxyl groups is 2. The zero-order valence-electron chi connectivity index (χ0n) is 13.6. The molecule has 1 saturated carbocycles. The zero-order valence-corrected chi connectivity index (χ0v) is 13.6. The van der Waals surface area contributed by atoms with E-state index in [1.165, 1.54) is 17.2 Å². The first-order valence-electron chi connectivity index (χ1n) is 8.38. The Kier molecular flexibility index (Phi) is 4.52. The van der Waals surface area contributed by atoms with Crippen LogP contribution in [0.3, 0.4) is 0 Å². The van der Waals surface area contributed by atoms with Gasteiger partial charge in [-0.05, 0) is 12.8 Å². The lowest BCUT2D eigenvalue weighted by atomic mass is 10.1. The van der Waals surface area contributed by atoms with Crippen molar-refractivity contribution >= 4 is 17.0 Å². The molecule has 2 aromatic heterocycles. The van der Waals surface area contributed by atoms with Gasteiger partial charge in [0.15, 0.2) is 17.7 Å². The molecular weight excluding hydrogens is 330 g/mol. The fourth-order valence-electron chi connectivity index (χ4n) is 3.34. The van der Waals surface area contributed by atoms with Gasteiger partial charge in [-0.15, -0.1) is 0 Å². The lowest BCUT2D eigenvalue weighted by Gasteiger charge is -2.16. The van der Waals surface area contributed by atoms with Crippen LogP contribution in [0.1, 0.15) is 31.9 Å². The zero-order chi connectivity index (χ0) is 17.4. The summed E-state index contributed by atoms with van der Waals surface area (Å²) in [7, 11) is 0. The highest BCUT2D eigenvalue weighted by molar-refractivity contribution is 5.81. The minimum atomic E-state index is -1.16. The predicted molar refractivity (Wildman–Crippen MR) is 85.0 cm³/mol. The average Bonchev–Trinajstić information content (AvgIpc) is 3.32. The van der Waals surface area contributed by atoms with Crippen molar-refractivity contribution in [2.45, 2.75) is 56.3 Å². The summed E-state index contributed by atoms with van der Waals surface area (Å²) in [6, 6.07) is 0. The Bertz CT molecular complexity index is 734. The van der Waals surface area contributed by atoms with Crippen molar-refractivity contribution in [2.24, 2.45) is 0 Å². The normalized spacial score (nSPS) is 30.5. The van der Waals surface area contributed by atoms with Gasteiger partial charge in [-0.3, -0.25) is 4.57 Å². The van der Waals surface area contributed by atoms with Gasteiger partial charge in [0.2, 0.25) is 0 Å². The number of nitrogen functional groups attached to an aromatic ring is 1. The van der Waals surface area contributed by atoms with Gasteiger partial charge in [-0.1, -0.05) is 12.8 Å². The average molecular weight is 351 g/mol. The third-order valence-electron chi connectivity index (χ3n) is 4.74. The predicted octanol–water partition coefficient (Wildman–Crippen LogP) is -0.0815. The fraction of sp³-hybridized carbons (Fsp3) is 0.667. The first-order chi connectivity index (χ1) is 12.1. The number of aliphatic hydroxyl groups excluding tert-OH is 2. The maximum Gasteiger partial charge on any atom is 0.167 e. The monoisotopic (exact) mass is 351 g/mol. The largest absolute Gasteiger partial charge is 0.387 e. The van der Waals surface area contributed by atoms with E-state index >= 15 is 0 Å². The first-order valence-corrected chi connectivity index (χ1v) is 8.38. The highest BCUT2D eigenvalue weighted by atomic mass is 17.2. The molecular formula is C15H21N5O5. The van der Waals surface area contributed by atoms with E-state index in [4.69, 9.17) is 20.2 Å². The van der Waals surface area contributed by atoms with Crippen molar-refractivity contribution in [1.29, 1.82) is 0 Å². The second-order valence-corrected chi connectivity index (χ2v) is 6.42. The summed E-state index contributed by atoms with van der Waals surface area (Å²) in [6.45, 7) is 0.0228. The molecule has 2 aromatic rings. The highest BCUT2D eigenvalue weighted by Gasteiger charge is 2.44. The summed E-state index contributed by atoms with van der Waals surface area (Å²) in [5.41, 5.74) is 6.60. The van der Waals surface area contributed by atoms with Crippen LogP contribution in [0.15, 0.2) is 12.7 Å². The number of nitrogens with two attached hydrogens (primary N) is 1. The minimum absolute atomic E-state index is 0.0228. The second kappa shape index (κ2) is 6.81. The van der Waals surface area contributed by atoms with E-state index in [-0.39, 0.29) is 18.5 Å². The Balaban J connectivity index is 1.44. The van der Waals surface area contributed by atoms with Gasteiger partial charge in [0, 0.05) is 0 Å². The van der Waals surface area contributed by atoms with E-state index in [0.29, 0.717) is 11.2 Å². The summed E-state index contributed by atoms with van der Waals surface area (Å²) >= 11 is 0. The number of hydrogen-bond donors (Lipinski definition) is 3. The SMILES string of the molecule is Nc1ncnc2c1ncn2[C@@H]1O[C@H](COOC2CCCC2)[C@@H](O)[C@H]1O. The van der Waals surface area contributed by atoms with Gasteiger partial charge < -0.3 is 20.7 Å². The van der Waals surface area contributed by atoms with Crippen LogP contribution in [0, 0.1) is 0 Å². The fourth-order valence-corrected chi connectivity index (χ4v) is 3.34.